The molecule has 3 aromatic rings. The normalized spacial score (nSPS) is 15.5. The minimum atomic E-state index is 0.150. The average Bonchev–Trinajstić information content (AvgIpc) is 3.30. The molecule has 6 nitrogen and oxygen atoms in total. The molecule has 2 aliphatic rings. The Kier molecular flexibility index (Phi) is 6.58. The van der Waals surface area contributed by atoms with E-state index in [0.29, 0.717) is 13.2 Å². The van der Waals surface area contributed by atoms with Crippen molar-refractivity contribution >= 4 is 17.7 Å². The number of carbonyl (C=O) groups is 1. The number of amides is 1. The van der Waals surface area contributed by atoms with Crippen LogP contribution in [0.15, 0.2) is 53.8 Å². The molecule has 1 fully saturated rings. The van der Waals surface area contributed by atoms with E-state index in [1.165, 1.54) is 6.42 Å². The highest BCUT2D eigenvalue weighted by molar-refractivity contribution is 7.98. The highest BCUT2D eigenvalue weighted by Gasteiger charge is 2.19. The van der Waals surface area contributed by atoms with E-state index in [1.54, 1.807) is 11.8 Å². The molecule has 33 heavy (non-hydrogen) atoms. The summed E-state index contributed by atoms with van der Waals surface area (Å²) in [4.78, 5) is 19.6. The van der Waals surface area contributed by atoms with Crippen LogP contribution in [0.4, 0.5) is 0 Å². The molecule has 2 aliphatic heterocycles. The van der Waals surface area contributed by atoms with Gasteiger partial charge in [0.2, 0.25) is 0 Å². The standard InChI is InChI=1S/C26H29N3O3S/c1-2-29-22(20-9-10-23-24(16-20)32-14-13-31-23)17-27-26(29)33-18-19-7-6-8-21(15-19)25(30)28-11-4-3-5-12-28/h6-10,15-17H,2-5,11-14,18H2,1H3. The van der Waals surface area contributed by atoms with Crippen molar-refractivity contribution < 1.29 is 14.3 Å². The van der Waals surface area contributed by atoms with Gasteiger partial charge in [0.05, 0.1) is 11.9 Å². The Balaban J connectivity index is 1.31. The number of benzene rings is 2. The molecule has 2 aromatic carbocycles. The maximum absolute atomic E-state index is 12.9. The van der Waals surface area contributed by atoms with E-state index >= 15 is 0 Å². The van der Waals surface area contributed by atoms with Gasteiger partial charge in [-0.05, 0) is 62.1 Å². The minimum absolute atomic E-state index is 0.150. The van der Waals surface area contributed by atoms with Crippen molar-refractivity contribution in [1.82, 2.24) is 14.5 Å². The number of likely N-dealkylation sites (tertiary alicyclic amines) is 1. The van der Waals surface area contributed by atoms with Crippen LogP contribution in [0.5, 0.6) is 11.5 Å². The lowest BCUT2D eigenvalue weighted by Gasteiger charge is -2.26. The zero-order valence-corrected chi connectivity index (χ0v) is 19.8. The molecule has 0 unspecified atom stereocenters. The summed E-state index contributed by atoms with van der Waals surface area (Å²) in [7, 11) is 0. The summed E-state index contributed by atoms with van der Waals surface area (Å²) in [5.41, 5.74) is 4.04. The fourth-order valence-corrected chi connectivity index (χ4v) is 5.42. The van der Waals surface area contributed by atoms with E-state index in [1.807, 2.05) is 41.4 Å². The van der Waals surface area contributed by atoms with Gasteiger partial charge in [-0.3, -0.25) is 4.79 Å². The van der Waals surface area contributed by atoms with Crippen molar-refractivity contribution in [1.29, 1.82) is 0 Å². The van der Waals surface area contributed by atoms with Gasteiger partial charge in [0, 0.05) is 36.5 Å². The highest BCUT2D eigenvalue weighted by Crippen LogP contribution is 2.36. The van der Waals surface area contributed by atoms with Gasteiger partial charge < -0.3 is 18.9 Å². The predicted molar refractivity (Wildman–Crippen MR) is 130 cm³/mol. The van der Waals surface area contributed by atoms with Gasteiger partial charge in [-0.25, -0.2) is 4.98 Å². The first kappa shape index (κ1) is 21.9. The van der Waals surface area contributed by atoms with E-state index in [-0.39, 0.29) is 5.91 Å². The first-order chi connectivity index (χ1) is 16.2. The molecule has 0 bridgehead atoms. The third-order valence-corrected chi connectivity index (χ3v) is 7.22. The first-order valence-corrected chi connectivity index (χ1v) is 12.7. The molecule has 7 heteroatoms. The van der Waals surface area contributed by atoms with E-state index in [2.05, 4.69) is 23.6 Å². The van der Waals surface area contributed by atoms with E-state index in [0.717, 1.165) is 77.3 Å². The van der Waals surface area contributed by atoms with Crippen LogP contribution >= 0.6 is 11.8 Å². The maximum atomic E-state index is 12.9. The van der Waals surface area contributed by atoms with Gasteiger partial charge in [-0.1, -0.05) is 23.9 Å². The van der Waals surface area contributed by atoms with Crippen molar-refractivity contribution in [3.8, 4) is 22.8 Å². The van der Waals surface area contributed by atoms with Crippen molar-refractivity contribution in [3.63, 3.8) is 0 Å². The third-order valence-electron chi connectivity index (χ3n) is 6.16. The molecule has 0 aliphatic carbocycles. The van der Waals surface area contributed by atoms with Crippen molar-refractivity contribution in [2.75, 3.05) is 26.3 Å². The Morgan fingerprint density at radius 2 is 1.85 bits per heavy atom. The highest BCUT2D eigenvalue weighted by atomic mass is 32.2. The second-order valence-corrected chi connectivity index (χ2v) is 9.31. The van der Waals surface area contributed by atoms with Crippen LogP contribution in [0, 0.1) is 0 Å². The Bertz CT molecular complexity index is 1140. The zero-order chi connectivity index (χ0) is 22.6. The topological polar surface area (TPSA) is 56.6 Å². The lowest BCUT2D eigenvalue weighted by molar-refractivity contribution is 0.0724. The molecular weight excluding hydrogens is 434 g/mol. The Morgan fingerprint density at radius 3 is 2.67 bits per heavy atom. The second-order valence-electron chi connectivity index (χ2n) is 8.37. The third kappa shape index (κ3) is 4.74. The number of hydrogen-bond acceptors (Lipinski definition) is 5. The second kappa shape index (κ2) is 9.91. The number of aromatic nitrogens is 2. The van der Waals surface area contributed by atoms with Gasteiger partial charge in [0.15, 0.2) is 16.7 Å². The summed E-state index contributed by atoms with van der Waals surface area (Å²) in [6.07, 6.45) is 5.35. The number of rotatable bonds is 6. The average molecular weight is 464 g/mol. The number of nitrogens with zero attached hydrogens (tertiary/aromatic N) is 3. The fourth-order valence-electron chi connectivity index (χ4n) is 4.43. The molecule has 0 spiro atoms. The number of piperidine rings is 1. The van der Waals surface area contributed by atoms with Gasteiger partial charge in [-0.2, -0.15) is 0 Å². The molecule has 3 heterocycles. The summed E-state index contributed by atoms with van der Waals surface area (Å²) in [5, 5.41) is 0.968. The number of carbonyl (C=O) groups excluding carboxylic acids is 1. The SMILES string of the molecule is CCn1c(-c2ccc3c(c2)OCCO3)cnc1SCc1cccc(C(=O)N2CCCCC2)c1. The van der Waals surface area contributed by atoms with Crippen LogP contribution in [0.3, 0.4) is 0 Å². The molecular formula is C26H29N3O3S. The fraction of sp³-hybridized carbons (Fsp3) is 0.385. The lowest BCUT2D eigenvalue weighted by atomic mass is 10.1. The smallest absolute Gasteiger partial charge is 0.253 e. The van der Waals surface area contributed by atoms with Gasteiger partial charge in [-0.15, -0.1) is 0 Å². The van der Waals surface area contributed by atoms with Crippen LogP contribution in [-0.2, 0) is 12.3 Å². The number of ether oxygens (including phenoxy) is 2. The van der Waals surface area contributed by atoms with Gasteiger partial charge in [0.25, 0.3) is 5.91 Å². The Labute approximate surface area is 198 Å². The quantitative estimate of drug-likeness (QED) is 0.467. The van der Waals surface area contributed by atoms with Crippen molar-refractivity contribution in [2.45, 2.75) is 43.6 Å². The van der Waals surface area contributed by atoms with Crippen LogP contribution in [0.2, 0.25) is 0 Å². The Morgan fingerprint density at radius 1 is 1.03 bits per heavy atom. The number of hydrogen-bond donors (Lipinski definition) is 0. The van der Waals surface area contributed by atoms with Crippen molar-refractivity contribution in [3.05, 3.63) is 59.8 Å². The largest absolute Gasteiger partial charge is 0.486 e. The molecule has 0 atom stereocenters. The molecule has 1 aromatic heterocycles. The van der Waals surface area contributed by atoms with E-state index in [4.69, 9.17) is 14.5 Å². The number of thioether (sulfide) groups is 1. The molecule has 0 saturated carbocycles. The summed E-state index contributed by atoms with van der Waals surface area (Å²) < 4.78 is 13.6. The van der Waals surface area contributed by atoms with Crippen molar-refractivity contribution in [2.24, 2.45) is 0 Å². The first-order valence-electron chi connectivity index (χ1n) is 11.7. The Hall–Kier alpha value is -2.93. The number of fused-ring (bicyclic) bond motifs is 1. The molecule has 0 radical (unpaired) electrons. The summed E-state index contributed by atoms with van der Waals surface area (Å²) in [6, 6.07) is 14.1. The zero-order valence-electron chi connectivity index (χ0n) is 19.0. The van der Waals surface area contributed by atoms with Crippen LogP contribution in [-0.4, -0.2) is 46.7 Å². The number of imidazole rings is 1. The maximum Gasteiger partial charge on any atom is 0.253 e. The lowest BCUT2D eigenvalue weighted by Crippen LogP contribution is -2.35. The molecule has 5 rings (SSSR count). The summed E-state index contributed by atoms with van der Waals surface area (Å²) >= 11 is 1.70. The van der Waals surface area contributed by atoms with E-state index in [9.17, 15) is 4.79 Å². The van der Waals surface area contributed by atoms with Crippen LogP contribution < -0.4 is 9.47 Å². The van der Waals surface area contributed by atoms with Crippen LogP contribution in [0.25, 0.3) is 11.3 Å². The summed E-state index contributed by atoms with van der Waals surface area (Å²) in [6.45, 7) is 5.85. The molecule has 1 amide bonds. The predicted octanol–water partition coefficient (Wildman–Crippen LogP) is 5.26. The van der Waals surface area contributed by atoms with Crippen LogP contribution in [0.1, 0.15) is 42.1 Å². The molecule has 172 valence electrons. The molecule has 0 N–H and O–H groups in total. The van der Waals surface area contributed by atoms with Gasteiger partial charge in [0.1, 0.15) is 13.2 Å². The monoisotopic (exact) mass is 463 g/mol. The molecule has 1 saturated heterocycles. The van der Waals surface area contributed by atoms with Gasteiger partial charge >= 0.3 is 0 Å². The summed E-state index contributed by atoms with van der Waals surface area (Å²) in [5.74, 6) is 2.49. The minimum Gasteiger partial charge on any atom is -0.486 e. The van der Waals surface area contributed by atoms with E-state index < -0.39 is 0 Å².